The van der Waals surface area contributed by atoms with Crippen molar-refractivity contribution in [2.45, 2.75) is 63.6 Å². The van der Waals surface area contributed by atoms with Crippen molar-refractivity contribution in [3.63, 3.8) is 0 Å². The van der Waals surface area contributed by atoms with Gasteiger partial charge < -0.3 is 4.74 Å². The van der Waals surface area contributed by atoms with Gasteiger partial charge in [0.2, 0.25) is 0 Å². The third-order valence-electron chi connectivity index (χ3n) is 5.40. The molecule has 22 heavy (non-hydrogen) atoms. The van der Waals surface area contributed by atoms with Gasteiger partial charge in [-0.05, 0) is 25.3 Å². The van der Waals surface area contributed by atoms with Crippen LogP contribution in [0.1, 0.15) is 46.0 Å². The molecule has 4 rings (SSSR count). The zero-order valence-electron chi connectivity index (χ0n) is 13.4. The molecule has 0 saturated carbocycles. The summed E-state index contributed by atoms with van der Waals surface area (Å²) < 4.78 is 5.89. The molecule has 2 saturated heterocycles. The minimum absolute atomic E-state index is 0.181. The third kappa shape index (κ3) is 1.97. The van der Waals surface area contributed by atoms with Crippen molar-refractivity contribution in [3.8, 4) is 11.8 Å². The maximum Gasteiger partial charge on any atom is 0.332 e. The van der Waals surface area contributed by atoms with Gasteiger partial charge in [0.1, 0.15) is 0 Å². The Morgan fingerprint density at radius 2 is 2.32 bits per heavy atom. The first-order chi connectivity index (χ1) is 10.6. The number of hydrogen-bond donors (Lipinski definition) is 0. The number of ether oxygens (including phenoxy) is 1. The van der Waals surface area contributed by atoms with Crippen molar-refractivity contribution < 1.29 is 9.53 Å². The van der Waals surface area contributed by atoms with Crippen LogP contribution in [0, 0.1) is 17.8 Å². The monoisotopic (exact) mass is 297 g/mol. The Balaban J connectivity index is 1.73. The number of rotatable bonds is 1. The number of carbonyl (C=O) groups excluding carboxylic acids is 1. The predicted octanol–water partition coefficient (Wildman–Crippen LogP) is 2.82. The maximum atomic E-state index is 12.0. The number of esters is 1. The van der Waals surface area contributed by atoms with E-state index in [2.05, 4.69) is 36.7 Å². The number of fused-ring (bicyclic) bond motifs is 3. The molecule has 4 aliphatic rings. The second-order valence-corrected chi connectivity index (χ2v) is 7.37. The van der Waals surface area contributed by atoms with Crippen LogP contribution in [0.5, 0.6) is 0 Å². The molecular formula is C19H23NO2. The van der Waals surface area contributed by atoms with Gasteiger partial charge in [-0.15, -0.1) is 0 Å². The molecule has 0 N–H and O–H groups in total. The summed E-state index contributed by atoms with van der Waals surface area (Å²) in [6.45, 7) is 5.47. The lowest BCUT2D eigenvalue weighted by molar-refractivity contribution is -0.148. The molecule has 2 bridgehead atoms. The lowest BCUT2D eigenvalue weighted by atomic mass is 9.77. The molecule has 1 spiro atoms. The van der Waals surface area contributed by atoms with E-state index in [0.717, 1.165) is 37.0 Å². The van der Waals surface area contributed by atoms with Crippen molar-refractivity contribution in [2.24, 2.45) is 5.92 Å². The van der Waals surface area contributed by atoms with Gasteiger partial charge in [0.15, 0.2) is 5.60 Å². The van der Waals surface area contributed by atoms with E-state index in [9.17, 15) is 4.79 Å². The molecule has 1 aliphatic carbocycles. The van der Waals surface area contributed by atoms with Gasteiger partial charge in [-0.25, -0.2) is 4.79 Å². The average Bonchev–Trinajstić information content (AvgIpc) is 2.96. The molecule has 0 aromatic carbocycles. The molecular weight excluding hydrogens is 274 g/mol. The van der Waals surface area contributed by atoms with Crippen molar-refractivity contribution in [3.05, 3.63) is 23.3 Å². The molecule has 0 radical (unpaired) electrons. The van der Waals surface area contributed by atoms with Gasteiger partial charge in [-0.1, -0.05) is 38.2 Å². The Hall–Kier alpha value is -1.53. The Morgan fingerprint density at radius 1 is 1.45 bits per heavy atom. The lowest BCUT2D eigenvalue weighted by Crippen LogP contribution is -2.48. The van der Waals surface area contributed by atoms with Gasteiger partial charge in [0, 0.05) is 36.1 Å². The molecule has 0 amide bonds. The number of hydrogen-bond acceptors (Lipinski definition) is 3. The zero-order valence-corrected chi connectivity index (χ0v) is 13.4. The maximum absolute atomic E-state index is 12.0. The summed E-state index contributed by atoms with van der Waals surface area (Å²) in [4.78, 5) is 14.6. The largest absolute Gasteiger partial charge is 0.449 e. The predicted molar refractivity (Wildman–Crippen MR) is 85.0 cm³/mol. The smallest absolute Gasteiger partial charge is 0.332 e. The fourth-order valence-electron chi connectivity index (χ4n) is 4.52. The minimum Gasteiger partial charge on any atom is -0.449 e. The third-order valence-corrected chi connectivity index (χ3v) is 5.40. The van der Waals surface area contributed by atoms with E-state index in [1.165, 1.54) is 12.8 Å². The zero-order chi connectivity index (χ0) is 15.3. The van der Waals surface area contributed by atoms with Crippen LogP contribution in [-0.2, 0) is 9.53 Å². The number of piperidine rings is 1. The van der Waals surface area contributed by atoms with Crippen LogP contribution >= 0.6 is 0 Å². The first-order valence-corrected chi connectivity index (χ1v) is 8.52. The van der Waals surface area contributed by atoms with E-state index in [1.807, 2.05) is 0 Å². The van der Waals surface area contributed by atoms with E-state index in [1.54, 1.807) is 6.08 Å². The van der Waals surface area contributed by atoms with Gasteiger partial charge in [0.05, 0.1) is 6.04 Å². The van der Waals surface area contributed by atoms with Crippen LogP contribution in [0.3, 0.4) is 0 Å². The lowest BCUT2D eigenvalue weighted by Gasteiger charge is -2.38. The summed E-state index contributed by atoms with van der Waals surface area (Å²) in [7, 11) is 0. The highest BCUT2D eigenvalue weighted by atomic mass is 16.6. The Labute approximate surface area is 132 Å². The van der Waals surface area contributed by atoms with E-state index >= 15 is 0 Å². The standard InChI is InChI=1S/C19H23NO2/c1-13(2)6-5-7-14-10-15-12-19(16(14)11-18(21)22-19)17-8-3-4-9-20(15)17/h10-11,13,15,17H,3-4,6,8-9,12H2,1-2H3/t15-,17-,19+/m1/s1. The Kier molecular flexibility index (Phi) is 3.20. The van der Waals surface area contributed by atoms with E-state index in [0.29, 0.717) is 18.0 Å². The molecule has 3 atom stereocenters. The molecule has 3 heteroatoms. The molecule has 3 aliphatic heterocycles. The molecule has 0 aromatic heterocycles. The second-order valence-electron chi connectivity index (χ2n) is 7.37. The highest BCUT2D eigenvalue weighted by Crippen LogP contribution is 2.53. The van der Waals surface area contributed by atoms with Crippen LogP contribution in [0.25, 0.3) is 0 Å². The van der Waals surface area contributed by atoms with E-state index < -0.39 is 5.60 Å². The highest BCUT2D eigenvalue weighted by Gasteiger charge is 2.61. The molecule has 0 unspecified atom stereocenters. The SMILES string of the molecule is CC(C)CC#CC1=C[C@@H]2C[C@@]3(OC(=O)C=C13)[C@H]1CCCCN21. The normalized spacial score (nSPS) is 36.0. The van der Waals surface area contributed by atoms with E-state index in [4.69, 9.17) is 4.74 Å². The van der Waals surface area contributed by atoms with Crippen molar-refractivity contribution in [1.82, 2.24) is 4.90 Å². The van der Waals surface area contributed by atoms with Gasteiger partial charge in [0.25, 0.3) is 0 Å². The highest BCUT2D eigenvalue weighted by molar-refractivity contribution is 5.90. The van der Waals surface area contributed by atoms with Crippen molar-refractivity contribution in [2.75, 3.05) is 6.54 Å². The fourth-order valence-corrected chi connectivity index (χ4v) is 4.52. The van der Waals surface area contributed by atoms with Crippen LogP contribution in [0.4, 0.5) is 0 Å². The van der Waals surface area contributed by atoms with Gasteiger partial charge in [-0.2, -0.15) is 0 Å². The molecule has 116 valence electrons. The summed E-state index contributed by atoms with van der Waals surface area (Å²) in [6, 6.07) is 0.737. The second kappa shape index (κ2) is 4.99. The molecule has 3 nitrogen and oxygen atoms in total. The summed E-state index contributed by atoms with van der Waals surface area (Å²) in [6.07, 6.45) is 9.40. The summed E-state index contributed by atoms with van der Waals surface area (Å²) in [5.41, 5.74) is 1.69. The van der Waals surface area contributed by atoms with Crippen molar-refractivity contribution >= 4 is 5.97 Å². The summed E-state index contributed by atoms with van der Waals surface area (Å²) in [5, 5.41) is 0. The fraction of sp³-hybridized carbons (Fsp3) is 0.632. The van der Waals surface area contributed by atoms with Crippen LogP contribution < -0.4 is 0 Å². The Bertz CT molecular complexity index is 634. The number of nitrogens with zero attached hydrogens (tertiary/aromatic N) is 1. The minimum atomic E-state index is -0.404. The van der Waals surface area contributed by atoms with Crippen LogP contribution in [0.2, 0.25) is 0 Å². The van der Waals surface area contributed by atoms with Gasteiger partial charge >= 0.3 is 5.97 Å². The number of carbonyl (C=O) groups is 1. The van der Waals surface area contributed by atoms with Crippen LogP contribution in [0.15, 0.2) is 23.3 Å². The first-order valence-electron chi connectivity index (χ1n) is 8.52. The molecule has 0 aromatic rings. The summed E-state index contributed by atoms with van der Waals surface area (Å²) in [5.74, 6) is 7.01. The van der Waals surface area contributed by atoms with Crippen LogP contribution in [-0.4, -0.2) is 35.1 Å². The first kappa shape index (κ1) is 14.1. The molecule has 3 heterocycles. The average molecular weight is 297 g/mol. The Morgan fingerprint density at radius 3 is 3.14 bits per heavy atom. The van der Waals surface area contributed by atoms with Gasteiger partial charge in [-0.3, -0.25) is 4.90 Å². The van der Waals surface area contributed by atoms with Crippen molar-refractivity contribution in [1.29, 1.82) is 0 Å². The quantitative estimate of drug-likeness (QED) is 0.550. The molecule has 2 fully saturated rings. The summed E-state index contributed by atoms with van der Waals surface area (Å²) >= 11 is 0. The topological polar surface area (TPSA) is 29.5 Å². The van der Waals surface area contributed by atoms with E-state index in [-0.39, 0.29) is 5.97 Å².